The molecule has 1 atom stereocenters. The Labute approximate surface area is 152 Å². The molecule has 0 bridgehead atoms. The maximum Gasteiger partial charge on any atom is 0.501 e. The number of nitrogens with one attached hydrogen (secondary N) is 1. The van der Waals surface area contributed by atoms with Gasteiger partial charge in [0.05, 0.1) is 21.2 Å². The van der Waals surface area contributed by atoms with E-state index in [1.54, 1.807) is 11.0 Å². The van der Waals surface area contributed by atoms with E-state index in [9.17, 15) is 31.7 Å². The summed E-state index contributed by atoms with van der Waals surface area (Å²) >= 11 is 0. The summed E-state index contributed by atoms with van der Waals surface area (Å²) in [7, 11) is -5.47. The Morgan fingerprint density at radius 3 is 2.52 bits per heavy atom. The first-order valence-corrected chi connectivity index (χ1v) is 9.27. The van der Waals surface area contributed by atoms with Gasteiger partial charge in [-0.2, -0.15) is 13.2 Å². The van der Waals surface area contributed by atoms with Gasteiger partial charge in [-0.25, -0.2) is 8.42 Å². The van der Waals surface area contributed by atoms with Gasteiger partial charge in [0.25, 0.3) is 15.5 Å². The Balaban J connectivity index is 2.03. The quantitative estimate of drug-likeness (QED) is 0.618. The van der Waals surface area contributed by atoms with Crippen LogP contribution in [0.5, 0.6) is 0 Å². The van der Waals surface area contributed by atoms with E-state index in [2.05, 4.69) is 5.32 Å². The zero-order chi connectivity index (χ0) is 20.0. The summed E-state index contributed by atoms with van der Waals surface area (Å²) in [6, 6.07) is 8.97. The summed E-state index contributed by atoms with van der Waals surface area (Å²) in [5, 5.41) is 13.9. The normalized spacial score (nSPS) is 16.7. The molecule has 144 valence electrons. The van der Waals surface area contributed by atoms with Gasteiger partial charge in [-0.1, -0.05) is 12.1 Å². The molecule has 7 nitrogen and oxygen atoms in total. The van der Waals surface area contributed by atoms with Crippen molar-refractivity contribution < 1.29 is 26.5 Å². The predicted octanol–water partition coefficient (Wildman–Crippen LogP) is 3.84. The van der Waals surface area contributed by atoms with Crippen LogP contribution in [0.15, 0.2) is 47.4 Å². The highest BCUT2D eigenvalue weighted by Crippen LogP contribution is 2.43. The Morgan fingerprint density at radius 1 is 1.22 bits per heavy atom. The maximum absolute atomic E-state index is 12.8. The second kappa shape index (κ2) is 6.41. The fourth-order valence-electron chi connectivity index (χ4n) is 2.97. The number of nitro groups is 1. The minimum absolute atomic E-state index is 0.123. The van der Waals surface area contributed by atoms with E-state index in [0.717, 1.165) is 12.1 Å². The fraction of sp³-hybridized carbons (Fsp3) is 0.250. The zero-order valence-corrected chi connectivity index (χ0v) is 14.7. The van der Waals surface area contributed by atoms with Crippen molar-refractivity contribution in [2.75, 3.05) is 16.8 Å². The number of hydrogen-bond acceptors (Lipinski definition) is 6. The van der Waals surface area contributed by atoms with Gasteiger partial charge in [0, 0.05) is 24.2 Å². The van der Waals surface area contributed by atoms with Crippen LogP contribution in [0, 0.1) is 10.1 Å². The molecule has 0 saturated heterocycles. The number of hydrogen-bond donors (Lipinski definition) is 1. The van der Waals surface area contributed by atoms with Gasteiger partial charge >= 0.3 is 5.51 Å². The van der Waals surface area contributed by atoms with Crippen molar-refractivity contribution >= 4 is 26.9 Å². The first kappa shape index (κ1) is 19.0. The molecule has 3 rings (SSSR count). The average molecular weight is 401 g/mol. The number of rotatable bonds is 4. The summed E-state index contributed by atoms with van der Waals surface area (Å²) in [5.41, 5.74) is -4.28. The highest BCUT2D eigenvalue weighted by Gasteiger charge is 2.47. The molecule has 2 aromatic carbocycles. The zero-order valence-electron chi connectivity index (χ0n) is 13.9. The molecule has 0 aliphatic carbocycles. The Hall–Kier alpha value is -2.82. The third-order valence-corrected chi connectivity index (χ3v) is 5.72. The first-order valence-electron chi connectivity index (χ1n) is 7.79. The van der Waals surface area contributed by atoms with E-state index in [1.165, 1.54) is 24.3 Å². The number of nitro benzene ring substituents is 1. The molecular formula is C16H14F3N3O4S. The van der Waals surface area contributed by atoms with Crippen LogP contribution in [0.2, 0.25) is 0 Å². The summed E-state index contributed by atoms with van der Waals surface area (Å²) in [6.45, 7) is 2.25. The van der Waals surface area contributed by atoms with Crippen LogP contribution in [0.1, 0.15) is 18.7 Å². The van der Waals surface area contributed by atoms with E-state index in [0.29, 0.717) is 17.8 Å². The van der Waals surface area contributed by atoms with Crippen LogP contribution >= 0.6 is 0 Å². The lowest BCUT2D eigenvalue weighted by molar-refractivity contribution is -0.384. The maximum atomic E-state index is 12.8. The summed E-state index contributed by atoms with van der Waals surface area (Å²) in [5.74, 6) is 0. The molecule has 0 saturated carbocycles. The molecule has 1 N–H and O–H groups in total. The van der Waals surface area contributed by atoms with Crippen molar-refractivity contribution in [3.05, 3.63) is 58.1 Å². The van der Waals surface area contributed by atoms with Crippen molar-refractivity contribution in [1.82, 2.24) is 0 Å². The first-order chi connectivity index (χ1) is 12.6. The van der Waals surface area contributed by atoms with Gasteiger partial charge in [0.2, 0.25) is 0 Å². The molecule has 0 radical (unpaired) electrons. The SMILES string of the molecule is CCN1c2ccc(S(=O)(=O)C(F)(F)F)cc2N[C@@H]1c1cccc([N+](=O)[O-])c1. The van der Waals surface area contributed by atoms with Crippen LogP contribution in [-0.2, 0) is 9.84 Å². The minimum atomic E-state index is -5.47. The number of fused-ring (bicyclic) bond motifs is 1. The Bertz CT molecular complexity index is 1010. The summed E-state index contributed by atoms with van der Waals surface area (Å²) in [4.78, 5) is 11.4. The lowest BCUT2D eigenvalue weighted by Gasteiger charge is -2.25. The highest BCUT2D eigenvalue weighted by molar-refractivity contribution is 7.92. The van der Waals surface area contributed by atoms with Crippen molar-refractivity contribution in [3.63, 3.8) is 0 Å². The van der Waals surface area contributed by atoms with E-state index >= 15 is 0 Å². The van der Waals surface area contributed by atoms with Crippen molar-refractivity contribution in [2.24, 2.45) is 0 Å². The molecular weight excluding hydrogens is 387 g/mol. The topological polar surface area (TPSA) is 92.6 Å². The highest BCUT2D eigenvalue weighted by atomic mass is 32.2. The van der Waals surface area contributed by atoms with E-state index in [-0.39, 0.29) is 11.4 Å². The van der Waals surface area contributed by atoms with Gasteiger partial charge in [-0.05, 0) is 25.1 Å². The van der Waals surface area contributed by atoms with Gasteiger partial charge in [-0.15, -0.1) is 0 Å². The number of alkyl halides is 3. The molecule has 0 amide bonds. The summed E-state index contributed by atoms with van der Waals surface area (Å²) < 4.78 is 61.6. The number of sulfone groups is 1. The number of benzene rings is 2. The monoisotopic (exact) mass is 401 g/mol. The average Bonchev–Trinajstić information content (AvgIpc) is 2.98. The van der Waals surface area contributed by atoms with E-state index in [1.807, 2.05) is 6.92 Å². The number of nitrogens with zero attached hydrogens (tertiary/aromatic N) is 2. The molecule has 1 heterocycles. The number of anilines is 2. The van der Waals surface area contributed by atoms with Crippen molar-refractivity contribution in [2.45, 2.75) is 23.5 Å². The smallest absolute Gasteiger partial charge is 0.360 e. The molecule has 0 aromatic heterocycles. The largest absolute Gasteiger partial charge is 0.501 e. The van der Waals surface area contributed by atoms with E-state index in [4.69, 9.17) is 0 Å². The minimum Gasteiger partial charge on any atom is -0.360 e. The summed E-state index contributed by atoms with van der Waals surface area (Å²) in [6.07, 6.45) is -0.575. The lowest BCUT2D eigenvalue weighted by Crippen LogP contribution is -2.27. The fourth-order valence-corrected chi connectivity index (χ4v) is 3.76. The second-order valence-electron chi connectivity index (χ2n) is 5.81. The van der Waals surface area contributed by atoms with Crippen LogP contribution in [-0.4, -0.2) is 25.4 Å². The molecule has 0 spiro atoms. The van der Waals surface area contributed by atoms with Crippen LogP contribution in [0.3, 0.4) is 0 Å². The van der Waals surface area contributed by atoms with Gasteiger partial charge in [0.15, 0.2) is 0 Å². The number of halogens is 3. The van der Waals surface area contributed by atoms with E-state index < -0.39 is 31.3 Å². The Kier molecular flexibility index (Phi) is 4.50. The van der Waals surface area contributed by atoms with Crippen LogP contribution in [0.4, 0.5) is 30.2 Å². The molecule has 11 heteroatoms. The molecule has 1 aliphatic heterocycles. The third-order valence-electron chi connectivity index (χ3n) is 4.23. The van der Waals surface area contributed by atoms with Gasteiger partial charge in [-0.3, -0.25) is 10.1 Å². The molecule has 27 heavy (non-hydrogen) atoms. The number of non-ortho nitro benzene ring substituents is 1. The Morgan fingerprint density at radius 2 is 1.93 bits per heavy atom. The molecule has 0 fully saturated rings. The molecule has 1 aliphatic rings. The second-order valence-corrected chi connectivity index (χ2v) is 7.75. The van der Waals surface area contributed by atoms with Crippen LogP contribution < -0.4 is 10.2 Å². The van der Waals surface area contributed by atoms with Crippen LogP contribution in [0.25, 0.3) is 0 Å². The van der Waals surface area contributed by atoms with Crippen molar-refractivity contribution in [1.29, 1.82) is 0 Å². The molecule has 2 aromatic rings. The molecule has 0 unspecified atom stereocenters. The van der Waals surface area contributed by atoms with Gasteiger partial charge < -0.3 is 10.2 Å². The van der Waals surface area contributed by atoms with Gasteiger partial charge in [0.1, 0.15) is 6.17 Å². The third kappa shape index (κ3) is 3.18. The van der Waals surface area contributed by atoms with Crippen molar-refractivity contribution in [3.8, 4) is 0 Å². The predicted molar refractivity (Wildman–Crippen MR) is 92.2 cm³/mol. The lowest BCUT2D eigenvalue weighted by atomic mass is 10.1. The standard InChI is InChI=1S/C16H14F3N3O4S/c1-2-21-14-7-6-12(27(25,26)16(17,18)19)9-13(14)20-15(21)10-4-3-5-11(8-10)22(23)24/h3-9,15,20H,2H2,1H3/t15-/m0/s1.